The highest BCUT2D eigenvalue weighted by Gasteiger charge is 2.23. The summed E-state index contributed by atoms with van der Waals surface area (Å²) in [6, 6.07) is 17.8. The van der Waals surface area contributed by atoms with Crippen LogP contribution in [0.2, 0.25) is 0 Å². The van der Waals surface area contributed by atoms with Gasteiger partial charge in [-0.3, -0.25) is 20.2 Å². The van der Waals surface area contributed by atoms with E-state index in [4.69, 9.17) is 21.4 Å². The summed E-state index contributed by atoms with van der Waals surface area (Å²) in [7, 11) is 0. The van der Waals surface area contributed by atoms with E-state index in [1.165, 1.54) is 11.6 Å². The van der Waals surface area contributed by atoms with Gasteiger partial charge in [-0.15, -0.1) is 0 Å². The van der Waals surface area contributed by atoms with Crippen molar-refractivity contribution in [3.63, 3.8) is 0 Å². The maximum absolute atomic E-state index is 12.8. The van der Waals surface area contributed by atoms with Crippen molar-refractivity contribution in [2.75, 3.05) is 36.5 Å². The number of nitro benzene ring substituents is 1. The summed E-state index contributed by atoms with van der Waals surface area (Å²) in [5, 5.41) is 17.3. The minimum absolute atomic E-state index is 0.0668. The van der Waals surface area contributed by atoms with Crippen LogP contribution in [0.5, 0.6) is 0 Å². The van der Waals surface area contributed by atoms with Gasteiger partial charge in [0.05, 0.1) is 18.1 Å². The first-order valence-corrected chi connectivity index (χ1v) is 13.5. The molecule has 1 unspecified atom stereocenters. The fourth-order valence-electron chi connectivity index (χ4n) is 4.53. The zero-order valence-electron chi connectivity index (χ0n) is 22.2. The largest absolute Gasteiger partial charge is 0.436 e. The lowest BCUT2D eigenvalue weighted by Gasteiger charge is -2.28. The van der Waals surface area contributed by atoms with Crippen molar-refractivity contribution < 1.29 is 18.9 Å². The first-order valence-electron chi connectivity index (χ1n) is 13.1. The third-order valence-corrected chi connectivity index (χ3v) is 7.20. The summed E-state index contributed by atoms with van der Waals surface area (Å²) in [5.74, 6) is 0.415. The Morgan fingerprint density at radius 2 is 1.88 bits per heavy atom. The number of nitro groups is 1. The van der Waals surface area contributed by atoms with Gasteiger partial charge in [0.2, 0.25) is 5.89 Å². The van der Waals surface area contributed by atoms with Gasteiger partial charge in [-0.05, 0) is 78.7 Å². The molecule has 0 spiro atoms. The zero-order valence-corrected chi connectivity index (χ0v) is 23.0. The number of amides is 1. The average molecular weight is 560 g/mol. The van der Waals surface area contributed by atoms with E-state index < -0.39 is 10.8 Å². The van der Waals surface area contributed by atoms with Crippen molar-refractivity contribution in [1.29, 1.82) is 0 Å². The number of nitrogens with zero attached hydrogens (tertiary/aromatic N) is 3. The molecule has 1 aliphatic rings. The van der Waals surface area contributed by atoms with Crippen LogP contribution in [0.3, 0.4) is 0 Å². The lowest BCUT2D eigenvalue weighted by molar-refractivity contribution is -0.384. The number of hydrogen-bond donors (Lipinski definition) is 2. The Labute approximate surface area is 236 Å². The van der Waals surface area contributed by atoms with E-state index in [9.17, 15) is 14.9 Å². The number of nitrogens with one attached hydrogen (secondary N) is 2. The van der Waals surface area contributed by atoms with Crippen LogP contribution in [0.15, 0.2) is 65.1 Å². The van der Waals surface area contributed by atoms with E-state index in [-0.39, 0.29) is 16.4 Å². The summed E-state index contributed by atoms with van der Waals surface area (Å²) in [6.45, 7) is 6.43. The van der Waals surface area contributed by atoms with Gasteiger partial charge < -0.3 is 19.4 Å². The number of anilines is 2. The number of aromatic nitrogens is 1. The Hall–Kier alpha value is -4.35. The third kappa shape index (κ3) is 5.95. The second-order valence-corrected chi connectivity index (χ2v) is 10.0. The molecule has 0 aliphatic carbocycles. The average Bonchev–Trinajstić information content (AvgIpc) is 3.40. The number of hydrogen-bond acceptors (Lipinski definition) is 8. The van der Waals surface area contributed by atoms with Crippen molar-refractivity contribution >= 4 is 51.4 Å². The minimum Gasteiger partial charge on any atom is -0.436 e. The van der Waals surface area contributed by atoms with Gasteiger partial charge >= 0.3 is 0 Å². The van der Waals surface area contributed by atoms with Crippen molar-refractivity contribution in [2.24, 2.45) is 0 Å². The lowest BCUT2D eigenvalue weighted by Crippen LogP contribution is -2.37. The van der Waals surface area contributed by atoms with E-state index in [1.54, 1.807) is 24.3 Å². The van der Waals surface area contributed by atoms with Crippen molar-refractivity contribution in [1.82, 2.24) is 10.3 Å². The number of carbonyl (C=O) groups is 1. The summed E-state index contributed by atoms with van der Waals surface area (Å²) in [5.41, 5.74) is 4.68. The van der Waals surface area contributed by atoms with Crippen LogP contribution >= 0.6 is 12.2 Å². The van der Waals surface area contributed by atoms with Crippen LogP contribution in [0.1, 0.15) is 42.1 Å². The molecule has 1 aliphatic heterocycles. The SMILES string of the molecule is CCC(C)c1ccc2oc(-c3ccc(NC(=S)NC(=O)c4ccc(N5CCOCC5)c([N+](=O)[O-])c4)cc3)nc2c1. The van der Waals surface area contributed by atoms with E-state index in [0.717, 1.165) is 23.1 Å². The van der Waals surface area contributed by atoms with Crippen molar-refractivity contribution in [3.05, 3.63) is 81.9 Å². The second-order valence-electron chi connectivity index (χ2n) is 9.60. The molecule has 11 heteroatoms. The van der Waals surface area contributed by atoms with Gasteiger partial charge in [-0.1, -0.05) is 19.9 Å². The highest BCUT2D eigenvalue weighted by Crippen LogP contribution is 2.31. The molecule has 1 aromatic heterocycles. The Morgan fingerprint density at radius 3 is 2.58 bits per heavy atom. The Morgan fingerprint density at radius 1 is 1.12 bits per heavy atom. The predicted molar refractivity (Wildman–Crippen MR) is 158 cm³/mol. The van der Waals surface area contributed by atoms with E-state index in [2.05, 4.69) is 41.6 Å². The molecule has 40 heavy (non-hydrogen) atoms. The number of oxazole rings is 1. The number of rotatable bonds is 7. The molecule has 206 valence electrons. The fourth-order valence-corrected chi connectivity index (χ4v) is 4.74. The molecule has 1 amide bonds. The molecule has 10 nitrogen and oxygen atoms in total. The molecule has 4 aromatic rings. The molecular weight excluding hydrogens is 530 g/mol. The summed E-state index contributed by atoms with van der Waals surface area (Å²) >= 11 is 5.31. The van der Waals surface area contributed by atoms with Crippen LogP contribution in [0, 0.1) is 10.1 Å². The van der Waals surface area contributed by atoms with Crippen molar-refractivity contribution in [3.8, 4) is 11.5 Å². The summed E-state index contributed by atoms with van der Waals surface area (Å²) in [6.07, 6.45) is 1.05. The van der Waals surface area contributed by atoms with Crippen LogP contribution in [0.4, 0.5) is 17.1 Å². The number of thiocarbonyl (C=S) groups is 1. The molecule has 3 aromatic carbocycles. The summed E-state index contributed by atoms with van der Waals surface area (Å²) in [4.78, 5) is 30.6. The topological polar surface area (TPSA) is 123 Å². The molecule has 0 bridgehead atoms. The Kier molecular flexibility index (Phi) is 8.04. The van der Waals surface area contributed by atoms with E-state index in [0.29, 0.717) is 49.5 Å². The normalized spacial score (nSPS) is 14.1. The number of fused-ring (bicyclic) bond motifs is 1. The zero-order chi connectivity index (χ0) is 28.2. The van der Waals surface area contributed by atoms with Crippen LogP contribution < -0.4 is 15.5 Å². The Bertz CT molecular complexity index is 1560. The number of ether oxygens (including phenoxy) is 1. The molecule has 5 rings (SSSR count). The quantitative estimate of drug-likeness (QED) is 0.162. The van der Waals surface area contributed by atoms with Gasteiger partial charge in [0, 0.05) is 36.0 Å². The second kappa shape index (κ2) is 11.8. The highest BCUT2D eigenvalue weighted by atomic mass is 32.1. The van der Waals surface area contributed by atoms with Crippen LogP contribution in [0.25, 0.3) is 22.6 Å². The van der Waals surface area contributed by atoms with Crippen molar-refractivity contribution in [2.45, 2.75) is 26.2 Å². The van der Waals surface area contributed by atoms with E-state index in [1.807, 2.05) is 23.1 Å². The molecule has 1 fully saturated rings. The molecule has 2 N–H and O–H groups in total. The minimum atomic E-state index is -0.547. The third-order valence-electron chi connectivity index (χ3n) is 7.00. The lowest BCUT2D eigenvalue weighted by atomic mass is 9.98. The fraction of sp³-hybridized carbons (Fsp3) is 0.276. The summed E-state index contributed by atoms with van der Waals surface area (Å²) < 4.78 is 11.3. The molecule has 1 saturated heterocycles. The number of morpholine rings is 1. The van der Waals surface area contributed by atoms with Crippen LogP contribution in [-0.2, 0) is 4.74 Å². The van der Waals surface area contributed by atoms with Gasteiger partial charge in [-0.25, -0.2) is 4.98 Å². The van der Waals surface area contributed by atoms with Crippen LogP contribution in [-0.4, -0.2) is 47.2 Å². The van der Waals surface area contributed by atoms with Gasteiger partial charge in [0.25, 0.3) is 11.6 Å². The first kappa shape index (κ1) is 27.2. The smallest absolute Gasteiger partial charge is 0.293 e. The number of carbonyl (C=O) groups excluding carboxylic acids is 1. The highest BCUT2D eigenvalue weighted by molar-refractivity contribution is 7.80. The molecule has 1 atom stereocenters. The Balaban J connectivity index is 1.23. The molecule has 0 radical (unpaired) electrons. The van der Waals surface area contributed by atoms with E-state index >= 15 is 0 Å². The number of benzene rings is 3. The molecule has 0 saturated carbocycles. The first-order chi connectivity index (χ1) is 19.3. The monoisotopic (exact) mass is 559 g/mol. The molecular formula is C29H29N5O5S. The van der Waals surface area contributed by atoms with Gasteiger partial charge in [0.1, 0.15) is 11.2 Å². The van der Waals surface area contributed by atoms with Gasteiger partial charge in [0.15, 0.2) is 10.7 Å². The molecule has 2 heterocycles. The maximum atomic E-state index is 12.8. The standard InChI is InChI=1S/C29H29N5O5S/c1-3-18(2)20-7-11-26-23(16-20)31-28(39-26)19-4-8-22(9-5-19)30-29(40)32-27(35)21-6-10-24(25(17-21)34(36)37)33-12-14-38-15-13-33/h4-11,16-18H,3,12-15H2,1-2H3,(H2,30,32,35,40). The predicted octanol–water partition coefficient (Wildman–Crippen LogP) is 5.88. The maximum Gasteiger partial charge on any atom is 0.293 e. The van der Waals surface area contributed by atoms with Gasteiger partial charge in [-0.2, -0.15) is 0 Å².